The van der Waals surface area contributed by atoms with E-state index in [4.69, 9.17) is 25.3 Å². The monoisotopic (exact) mass is 517 g/mol. The maximum atomic E-state index is 13.3. The molecular formula is C22H19ClF3NO6S. The largest absolute Gasteiger partial charge is 0.490 e. The van der Waals surface area contributed by atoms with Gasteiger partial charge in [-0.1, -0.05) is 17.7 Å². The highest BCUT2D eigenvalue weighted by Crippen LogP contribution is 2.41. The van der Waals surface area contributed by atoms with Crippen LogP contribution in [0.4, 0.5) is 13.2 Å². The molecule has 3 aromatic rings. The Morgan fingerprint density at radius 1 is 1.24 bits per heavy atom. The molecule has 12 heteroatoms. The first-order chi connectivity index (χ1) is 16.0. The molecule has 1 aliphatic carbocycles. The zero-order valence-corrected chi connectivity index (χ0v) is 19.0. The average molecular weight is 518 g/mol. The van der Waals surface area contributed by atoms with Crippen molar-refractivity contribution in [2.24, 2.45) is 0 Å². The molecule has 1 heterocycles. The Labute approximate surface area is 198 Å². The summed E-state index contributed by atoms with van der Waals surface area (Å²) in [7, 11) is 0. The lowest BCUT2D eigenvalue weighted by atomic mass is 10.1. The van der Waals surface area contributed by atoms with E-state index in [1.807, 2.05) is 0 Å². The summed E-state index contributed by atoms with van der Waals surface area (Å²) < 4.78 is 73.8. The molecule has 0 spiro atoms. The van der Waals surface area contributed by atoms with Crippen molar-refractivity contribution in [3.63, 3.8) is 0 Å². The van der Waals surface area contributed by atoms with E-state index < -0.39 is 46.7 Å². The van der Waals surface area contributed by atoms with Crippen molar-refractivity contribution >= 4 is 33.8 Å². The highest BCUT2D eigenvalue weighted by Gasteiger charge is 2.45. The number of rotatable bonds is 8. The van der Waals surface area contributed by atoms with Gasteiger partial charge in [0, 0.05) is 11.6 Å². The Kier molecular flexibility index (Phi) is 6.76. The topological polar surface area (TPSA) is 109 Å². The number of ether oxygens (including phenoxy) is 1. The molecule has 34 heavy (non-hydrogen) atoms. The van der Waals surface area contributed by atoms with E-state index in [0.717, 1.165) is 24.3 Å². The van der Waals surface area contributed by atoms with Crippen LogP contribution in [0.25, 0.3) is 22.3 Å². The zero-order chi connectivity index (χ0) is 24.7. The molecule has 1 fully saturated rings. The predicted octanol–water partition coefficient (Wildman–Crippen LogP) is 4.52. The van der Waals surface area contributed by atoms with Crippen LogP contribution < -0.4 is 14.9 Å². The van der Waals surface area contributed by atoms with Gasteiger partial charge in [-0.2, -0.15) is 13.2 Å². The molecule has 1 aromatic heterocycles. The van der Waals surface area contributed by atoms with Crippen LogP contribution >= 0.6 is 11.6 Å². The van der Waals surface area contributed by atoms with Gasteiger partial charge in [-0.3, -0.25) is 9.35 Å². The van der Waals surface area contributed by atoms with Gasteiger partial charge in [0.05, 0.1) is 27.6 Å². The molecular weight excluding hydrogens is 499 g/mol. The molecule has 0 radical (unpaired) electrons. The lowest BCUT2D eigenvalue weighted by molar-refractivity contribution is -0.137. The van der Waals surface area contributed by atoms with Crippen molar-refractivity contribution in [3.8, 4) is 17.1 Å². The number of nitrogens with one attached hydrogen (secondary N) is 1. The molecule has 1 saturated carbocycles. The molecule has 0 bridgehead atoms. The molecule has 1 aliphatic rings. The number of hydrogen-bond donors (Lipinski definition) is 3. The summed E-state index contributed by atoms with van der Waals surface area (Å²) in [4.78, 5) is 12.5. The van der Waals surface area contributed by atoms with Crippen molar-refractivity contribution in [2.75, 3.05) is 6.61 Å². The fourth-order valence-electron chi connectivity index (χ4n) is 3.68. The SMILES string of the molecule is O=c1cc(-c2ccc(C(F)(F)F)cc2OCC(O)CC2(NS(=O)O)CC2)oc2c(Cl)cccc12. The Morgan fingerprint density at radius 2 is 1.97 bits per heavy atom. The second-order valence-electron chi connectivity index (χ2n) is 8.10. The van der Waals surface area contributed by atoms with Crippen molar-refractivity contribution in [2.45, 2.75) is 37.1 Å². The molecule has 4 rings (SSSR count). The number of para-hydroxylation sites is 1. The minimum absolute atomic E-state index is 0.0557. The molecule has 3 N–H and O–H groups in total. The van der Waals surface area contributed by atoms with E-state index in [0.29, 0.717) is 12.8 Å². The minimum atomic E-state index is -4.66. The summed E-state index contributed by atoms with van der Waals surface area (Å²) in [6, 6.07) is 8.43. The number of benzene rings is 2. The number of fused-ring (bicyclic) bond motifs is 1. The Hall–Kier alpha value is -2.44. The van der Waals surface area contributed by atoms with Gasteiger partial charge < -0.3 is 14.3 Å². The molecule has 7 nitrogen and oxygen atoms in total. The lowest BCUT2D eigenvalue weighted by Crippen LogP contribution is -2.37. The predicted molar refractivity (Wildman–Crippen MR) is 120 cm³/mol. The van der Waals surface area contributed by atoms with E-state index >= 15 is 0 Å². The lowest BCUT2D eigenvalue weighted by Gasteiger charge is -2.20. The first-order valence-corrected chi connectivity index (χ1v) is 11.6. The highest BCUT2D eigenvalue weighted by atomic mass is 35.5. The number of halogens is 4. The van der Waals surface area contributed by atoms with Crippen molar-refractivity contribution in [1.82, 2.24) is 4.72 Å². The number of hydrogen-bond acceptors (Lipinski definition) is 5. The minimum Gasteiger partial charge on any atom is -0.490 e. The number of aliphatic hydroxyl groups excluding tert-OH is 1. The van der Waals surface area contributed by atoms with Gasteiger partial charge in [0.25, 0.3) is 0 Å². The fourth-order valence-corrected chi connectivity index (χ4v) is 4.55. The maximum absolute atomic E-state index is 13.3. The van der Waals surface area contributed by atoms with Gasteiger partial charge in [0.2, 0.25) is 11.3 Å². The smallest absolute Gasteiger partial charge is 0.416 e. The summed E-state index contributed by atoms with van der Waals surface area (Å²) >= 11 is 3.86. The molecule has 2 aromatic carbocycles. The quantitative estimate of drug-likeness (QED) is 0.379. The summed E-state index contributed by atoms with van der Waals surface area (Å²) in [5.74, 6) is -0.313. The van der Waals surface area contributed by atoms with Crippen molar-refractivity contribution < 1.29 is 36.2 Å². The van der Waals surface area contributed by atoms with E-state index in [2.05, 4.69) is 4.72 Å². The maximum Gasteiger partial charge on any atom is 0.416 e. The fraction of sp³-hybridized carbons (Fsp3) is 0.318. The van der Waals surface area contributed by atoms with Crippen LogP contribution in [0.3, 0.4) is 0 Å². The van der Waals surface area contributed by atoms with Crippen LogP contribution in [0.5, 0.6) is 5.75 Å². The van der Waals surface area contributed by atoms with E-state index in [-0.39, 0.29) is 39.5 Å². The summed E-state index contributed by atoms with van der Waals surface area (Å²) in [6.07, 6.45) is -4.61. The highest BCUT2D eigenvalue weighted by molar-refractivity contribution is 7.77. The van der Waals surface area contributed by atoms with Crippen LogP contribution in [0.1, 0.15) is 24.8 Å². The summed E-state index contributed by atoms with van der Waals surface area (Å²) in [5.41, 5.74) is -2.01. The standard InChI is InChI=1S/C22H19ClF3NO6S/c23-16-3-1-2-14-17(29)9-19(33-20(14)16)15-5-4-12(22(24,25)26)8-18(15)32-11-13(28)10-21(6-7-21)27-34(30)31/h1-5,8-9,13,27-28H,6-7,10-11H2,(H,30,31). The van der Waals surface area contributed by atoms with Gasteiger partial charge in [-0.05, 0) is 49.6 Å². The third-order valence-corrected chi connectivity index (χ3v) is 6.40. The molecule has 0 aliphatic heterocycles. The molecule has 182 valence electrons. The van der Waals surface area contributed by atoms with Crippen LogP contribution in [0.2, 0.25) is 5.02 Å². The Balaban J connectivity index is 1.66. The van der Waals surface area contributed by atoms with Gasteiger partial charge >= 0.3 is 6.18 Å². The average Bonchev–Trinajstić information content (AvgIpc) is 3.49. The van der Waals surface area contributed by atoms with Gasteiger partial charge in [-0.25, -0.2) is 8.93 Å². The van der Waals surface area contributed by atoms with E-state index in [1.54, 1.807) is 6.07 Å². The molecule has 0 amide bonds. The van der Waals surface area contributed by atoms with Gasteiger partial charge in [0.1, 0.15) is 18.1 Å². The normalized spacial score (nSPS) is 16.9. The number of alkyl halides is 3. The van der Waals surface area contributed by atoms with Crippen LogP contribution in [-0.4, -0.2) is 32.1 Å². The Bertz CT molecular complexity index is 1310. The van der Waals surface area contributed by atoms with Crippen molar-refractivity contribution in [1.29, 1.82) is 0 Å². The van der Waals surface area contributed by atoms with Gasteiger partial charge in [0.15, 0.2) is 11.0 Å². The Morgan fingerprint density at radius 3 is 2.62 bits per heavy atom. The summed E-state index contributed by atoms with van der Waals surface area (Å²) in [5, 5.41) is 10.7. The third kappa shape index (κ3) is 5.44. The zero-order valence-electron chi connectivity index (χ0n) is 17.4. The van der Waals surface area contributed by atoms with Crippen LogP contribution in [0, 0.1) is 0 Å². The first kappa shape index (κ1) is 24.7. The number of aliphatic hydroxyl groups is 1. The molecule has 2 unspecified atom stereocenters. The van der Waals surface area contributed by atoms with Gasteiger partial charge in [-0.15, -0.1) is 0 Å². The molecule has 0 saturated heterocycles. The summed E-state index contributed by atoms with van der Waals surface area (Å²) in [6.45, 7) is -0.394. The van der Waals surface area contributed by atoms with Crippen LogP contribution in [0.15, 0.2) is 51.7 Å². The second-order valence-corrected chi connectivity index (χ2v) is 9.21. The first-order valence-electron chi connectivity index (χ1n) is 10.1. The van der Waals surface area contributed by atoms with E-state index in [9.17, 15) is 27.3 Å². The van der Waals surface area contributed by atoms with E-state index in [1.165, 1.54) is 12.1 Å². The second kappa shape index (κ2) is 9.31. The van der Waals surface area contributed by atoms with Crippen molar-refractivity contribution in [3.05, 3.63) is 63.3 Å². The van der Waals surface area contributed by atoms with Crippen LogP contribution in [-0.2, 0) is 17.4 Å². The molecule has 2 atom stereocenters. The third-order valence-electron chi connectivity index (χ3n) is 5.50.